The molecule has 0 aliphatic carbocycles. The van der Waals surface area contributed by atoms with Gasteiger partial charge in [0.25, 0.3) is 5.91 Å². The second kappa shape index (κ2) is 7.04. The molecule has 0 aliphatic rings. The molecule has 1 heterocycles. The van der Waals surface area contributed by atoms with Gasteiger partial charge in [-0.25, -0.2) is 4.39 Å². The Balaban J connectivity index is 1.72. The van der Waals surface area contributed by atoms with Crippen LogP contribution in [0.25, 0.3) is 11.4 Å². The Morgan fingerprint density at radius 3 is 2.64 bits per heavy atom. The van der Waals surface area contributed by atoms with Crippen LogP contribution in [0.2, 0.25) is 0 Å². The van der Waals surface area contributed by atoms with E-state index in [0.717, 1.165) is 0 Å². The molecule has 3 rings (SSSR count). The van der Waals surface area contributed by atoms with E-state index in [-0.39, 0.29) is 23.1 Å². The lowest BCUT2D eigenvalue weighted by Gasteiger charge is -2.06. The van der Waals surface area contributed by atoms with Crippen molar-refractivity contribution in [2.45, 2.75) is 6.61 Å². The maximum atomic E-state index is 12.9. The van der Waals surface area contributed by atoms with Crippen LogP contribution in [0.1, 0.15) is 10.4 Å². The molecule has 2 aromatic carbocycles. The van der Waals surface area contributed by atoms with Crippen LogP contribution in [0.15, 0.2) is 48.5 Å². The number of nitrogens with one attached hydrogen (secondary N) is 2. The average molecular weight is 348 g/mol. The summed E-state index contributed by atoms with van der Waals surface area (Å²) < 4.78 is 41.6. The van der Waals surface area contributed by atoms with Crippen molar-refractivity contribution in [3.8, 4) is 17.1 Å². The fraction of sp³-hybridized carbons (Fsp3) is 0.0625. The number of alkyl halides is 2. The highest BCUT2D eigenvalue weighted by atomic mass is 19.3. The van der Waals surface area contributed by atoms with E-state index in [0.29, 0.717) is 11.4 Å². The third kappa shape index (κ3) is 4.14. The molecule has 0 saturated carbocycles. The standard InChI is InChI=1S/C16H11F3N4O2/c17-11-6-4-9(5-7-11)13-20-16(23-22-13)21-14(24)10-2-1-3-12(8-10)25-15(18)19/h1-8,15H,(H2,20,21,22,23,24). The van der Waals surface area contributed by atoms with Gasteiger partial charge in [-0.1, -0.05) is 6.07 Å². The molecule has 0 radical (unpaired) electrons. The number of ether oxygens (including phenoxy) is 1. The zero-order chi connectivity index (χ0) is 17.8. The van der Waals surface area contributed by atoms with Crippen molar-refractivity contribution in [1.29, 1.82) is 0 Å². The minimum atomic E-state index is -2.98. The number of aromatic nitrogens is 3. The summed E-state index contributed by atoms with van der Waals surface area (Å²) in [7, 11) is 0. The fourth-order valence-corrected chi connectivity index (χ4v) is 2.04. The van der Waals surface area contributed by atoms with Gasteiger partial charge >= 0.3 is 6.61 Å². The highest BCUT2D eigenvalue weighted by Gasteiger charge is 2.13. The molecule has 0 unspecified atom stereocenters. The van der Waals surface area contributed by atoms with Crippen molar-refractivity contribution in [3.05, 3.63) is 59.9 Å². The van der Waals surface area contributed by atoms with E-state index in [1.165, 1.54) is 48.5 Å². The maximum Gasteiger partial charge on any atom is 0.387 e. The quantitative estimate of drug-likeness (QED) is 0.740. The number of carbonyl (C=O) groups is 1. The summed E-state index contributed by atoms with van der Waals surface area (Å²) in [6.07, 6.45) is 0. The van der Waals surface area contributed by atoms with Crippen molar-refractivity contribution in [1.82, 2.24) is 15.2 Å². The van der Waals surface area contributed by atoms with Gasteiger partial charge in [0.1, 0.15) is 11.6 Å². The minimum absolute atomic E-state index is 0.00972. The van der Waals surface area contributed by atoms with E-state index in [1.807, 2.05) is 0 Å². The van der Waals surface area contributed by atoms with Gasteiger partial charge in [0.05, 0.1) is 0 Å². The summed E-state index contributed by atoms with van der Waals surface area (Å²) in [6, 6.07) is 10.9. The predicted octanol–water partition coefficient (Wildman–Crippen LogP) is 3.46. The average Bonchev–Trinajstić information content (AvgIpc) is 3.03. The van der Waals surface area contributed by atoms with Gasteiger partial charge in [-0.15, -0.1) is 5.10 Å². The summed E-state index contributed by atoms with van der Waals surface area (Å²) >= 11 is 0. The molecule has 25 heavy (non-hydrogen) atoms. The van der Waals surface area contributed by atoms with Crippen LogP contribution in [0, 0.1) is 5.82 Å². The van der Waals surface area contributed by atoms with Crippen LogP contribution in [-0.2, 0) is 0 Å². The van der Waals surface area contributed by atoms with E-state index in [1.54, 1.807) is 0 Å². The lowest BCUT2D eigenvalue weighted by molar-refractivity contribution is -0.0498. The molecule has 2 N–H and O–H groups in total. The molecular weight excluding hydrogens is 337 g/mol. The van der Waals surface area contributed by atoms with Crippen LogP contribution in [-0.4, -0.2) is 27.7 Å². The van der Waals surface area contributed by atoms with Gasteiger partial charge in [0.15, 0.2) is 5.82 Å². The molecule has 0 saturated heterocycles. The SMILES string of the molecule is O=C(Nc1n[nH]c(-c2ccc(F)cc2)n1)c1cccc(OC(F)F)c1. The van der Waals surface area contributed by atoms with Gasteiger partial charge in [-0.2, -0.15) is 13.8 Å². The fourth-order valence-electron chi connectivity index (χ4n) is 2.04. The molecule has 0 fully saturated rings. The highest BCUT2D eigenvalue weighted by molar-refractivity contribution is 6.03. The summed E-state index contributed by atoms with van der Waals surface area (Å²) in [5, 5.41) is 8.88. The Morgan fingerprint density at radius 2 is 1.92 bits per heavy atom. The lowest BCUT2D eigenvalue weighted by atomic mass is 10.2. The number of hydrogen-bond donors (Lipinski definition) is 2. The first-order valence-corrected chi connectivity index (χ1v) is 7.06. The third-order valence-corrected chi connectivity index (χ3v) is 3.15. The topological polar surface area (TPSA) is 79.9 Å². The van der Waals surface area contributed by atoms with Gasteiger partial charge in [-0.3, -0.25) is 15.2 Å². The van der Waals surface area contributed by atoms with Crippen molar-refractivity contribution in [3.63, 3.8) is 0 Å². The van der Waals surface area contributed by atoms with Crippen LogP contribution in [0.4, 0.5) is 19.1 Å². The van der Waals surface area contributed by atoms with Gasteiger partial charge in [0.2, 0.25) is 5.95 Å². The number of H-pyrrole nitrogens is 1. The second-order valence-corrected chi connectivity index (χ2v) is 4.87. The molecule has 0 bridgehead atoms. The summed E-state index contributed by atoms with van der Waals surface area (Å²) in [5.74, 6) is -0.786. The number of rotatable bonds is 5. The molecule has 9 heteroatoms. The monoisotopic (exact) mass is 348 g/mol. The molecule has 0 aliphatic heterocycles. The Kier molecular flexibility index (Phi) is 4.64. The smallest absolute Gasteiger partial charge is 0.387 e. The molecule has 6 nitrogen and oxygen atoms in total. The molecule has 1 aromatic heterocycles. The van der Waals surface area contributed by atoms with E-state index in [2.05, 4.69) is 25.2 Å². The van der Waals surface area contributed by atoms with Crippen molar-refractivity contribution >= 4 is 11.9 Å². The Labute approximate surface area is 139 Å². The van der Waals surface area contributed by atoms with E-state index < -0.39 is 12.5 Å². The van der Waals surface area contributed by atoms with E-state index in [4.69, 9.17) is 0 Å². The molecule has 1 amide bonds. The molecular formula is C16H11F3N4O2. The number of hydrogen-bond acceptors (Lipinski definition) is 4. The largest absolute Gasteiger partial charge is 0.435 e. The zero-order valence-electron chi connectivity index (χ0n) is 12.5. The Morgan fingerprint density at radius 1 is 1.16 bits per heavy atom. The number of nitrogens with zero attached hydrogens (tertiary/aromatic N) is 2. The first kappa shape index (κ1) is 16.5. The molecule has 128 valence electrons. The van der Waals surface area contributed by atoms with Gasteiger partial charge in [0, 0.05) is 11.1 Å². The zero-order valence-corrected chi connectivity index (χ0v) is 12.5. The van der Waals surface area contributed by atoms with E-state index in [9.17, 15) is 18.0 Å². The Hall–Kier alpha value is -3.36. The number of benzene rings is 2. The first-order valence-electron chi connectivity index (χ1n) is 7.06. The number of aromatic amines is 1. The van der Waals surface area contributed by atoms with E-state index >= 15 is 0 Å². The summed E-state index contributed by atoms with van der Waals surface area (Å²) in [6.45, 7) is -2.98. The second-order valence-electron chi connectivity index (χ2n) is 4.87. The number of halogens is 3. The minimum Gasteiger partial charge on any atom is -0.435 e. The molecule has 0 spiro atoms. The predicted molar refractivity (Wildman–Crippen MR) is 82.8 cm³/mol. The highest BCUT2D eigenvalue weighted by Crippen LogP contribution is 2.18. The van der Waals surface area contributed by atoms with Crippen molar-refractivity contribution in [2.24, 2.45) is 0 Å². The van der Waals surface area contributed by atoms with Gasteiger partial charge in [-0.05, 0) is 42.5 Å². The van der Waals surface area contributed by atoms with Gasteiger partial charge < -0.3 is 4.74 Å². The number of amides is 1. The van der Waals surface area contributed by atoms with Crippen LogP contribution < -0.4 is 10.1 Å². The maximum absolute atomic E-state index is 12.9. The molecule has 3 aromatic rings. The van der Waals surface area contributed by atoms with Crippen LogP contribution >= 0.6 is 0 Å². The van der Waals surface area contributed by atoms with Crippen LogP contribution in [0.5, 0.6) is 5.75 Å². The summed E-state index contributed by atoms with van der Waals surface area (Å²) in [5.41, 5.74) is 0.688. The van der Waals surface area contributed by atoms with Crippen LogP contribution in [0.3, 0.4) is 0 Å². The number of anilines is 1. The van der Waals surface area contributed by atoms with Crippen molar-refractivity contribution in [2.75, 3.05) is 5.32 Å². The number of carbonyl (C=O) groups excluding carboxylic acids is 1. The third-order valence-electron chi connectivity index (χ3n) is 3.15. The first-order chi connectivity index (χ1) is 12.0. The Bertz CT molecular complexity index is 881. The lowest BCUT2D eigenvalue weighted by Crippen LogP contribution is -2.13. The van der Waals surface area contributed by atoms with Crippen molar-refractivity contribution < 1.29 is 22.7 Å². The summed E-state index contributed by atoms with van der Waals surface area (Å²) in [4.78, 5) is 16.2. The normalized spacial score (nSPS) is 10.7. The molecule has 0 atom stereocenters.